The van der Waals surface area contributed by atoms with Crippen LogP contribution in [-0.2, 0) is 33.5 Å². The molecule has 16 heteroatoms. The van der Waals surface area contributed by atoms with Crippen molar-refractivity contribution in [2.24, 2.45) is 0 Å². The number of hydrogen-bond acceptors (Lipinski definition) is 8. The van der Waals surface area contributed by atoms with Crippen LogP contribution in [0.15, 0.2) is 0 Å². The first-order chi connectivity index (χ1) is 17.5. The van der Waals surface area contributed by atoms with E-state index in [0.29, 0.717) is 0 Å². The number of carbonyl (C=O) groups excluding carboxylic acids is 7. The molecule has 0 aliphatic rings. The van der Waals surface area contributed by atoms with E-state index in [4.69, 9.17) is 4.74 Å². The van der Waals surface area contributed by atoms with Gasteiger partial charge in [0, 0.05) is 41.3 Å². The second kappa shape index (κ2) is 16.8. The molecule has 15 nitrogen and oxygen atoms in total. The van der Waals surface area contributed by atoms with Crippen LogP contribution >= 0.6 is 0 Å². The second-order valence-corrected chi connectivity index (χ2v) is 9.73. The molecule has 0 aliphatic carbocycles. The average molecular weight is 800 g/mol. The maximum atomic E-state index is 12.5. The number of carbonyl (C=O) groups is 6. The van der Waals surface area contributed by atoms with E-state index >= 15 is 0 Å². The minimum absolute atomic E-state index is 0. The Labute approximate surface area is 223 Å². The first-order valence-corrected chi connectivity index (χ1v) is 11.7. The summed E-state index contributed by atoms with van der Waals surface area (Å²) in [6.07, 6.45) is 0.929. The van der Waals surface area contributed by atoms with E-state index in [-0.39, 0.29) is 45.8 Å². The summed E-state index contributed by atoms with van der Waals surface area (Å²) in [5.74, 6) is -2.47. The average Bonchev–Trinajstić information content (AvgIpc) is 2.79. The summed E-state index contributed by atoms with van der Waals surface area (Å²) in [5, 5.41) is 5.06. The SMILES string of the molecule is CN([C-]=O)CC(=O)N(C)CC(=O)N(C)CC(=O)N(C)CC(=O)N(C)CC(=O)NCCNC(=O)OC(C)(C)C.[Fm]. The molecule has 2 N–H and O–H groups in total. The normalized spacial score (nSPS) is 10.3. The molecule has 0 radical (unpaired) electrons. The maximum Gasteiger partial charge on any atom is 0.407 e. The van der Waals surface area contributed by atoms with Crippen molar-refractivity contribution in [3.05, 3.63) is 0 Å². The van der Waals surface area contributed by atoms with Crippen LogP contribution in [0.4, 0.5) is 4.79 Å². The van der Waals surface area contributed by atoms with Gasteiger partial charge < -0.3 is 44.7 Å². The Morgan fingerprint density at radius 2 is 1.00 bits per heavy atom. The van der Waals surface area contributed by atoms with Gasteiger partial charge in [0.25, 0.3) is 0 Å². The van der Waals surface area contributed by atoms with Crippen LogP contribution in [0.3, 0.4) is 0 Å². The topological polar surface area (TPSA) is 169 Å². The minimum atomic E-state index is -0.637. The standard InChI is InChI=1S/C23H40N7O8.Fm/c1-23(2,3)38-22(37)25-10-9-24-17(32)11-27(5)19(34)13-29(7)21(36)15-30(8)20(35)14-28(6)18(33)12-26(4)16-31;/h9-15H2,1-8H3,(H,24,32)(H,25,37);/q-1;. The smallest absolute Gasteiger partial charge is 0.407 e. The van der Waals surface area contributed by atoms with Crippen molar-refractivity contribution in [2.75, 3.05) is 81.1 Å². The molecule has 0 fully saturated rings. The Hall–Kier alpha value is -4.91. The maximum absolute atomic E-state index is 12.5. The summed E-state index contributed by atoms with van der Waals surface area (Å²) < 4.78 is 5.08. The van der Waals surface area contributed by atoms with Crippen molar-refractivity contribution in [1.29, 1.82) is 0 Å². The van der Waals surface area contributed by atoms with Gasteiger partial charge in [-0.1, -0.05) is 0 Å². The van der Waals surface area contributed by atoms with Gasteiger partial charge in [-0.3, -0.25) is 24.0 Å². The van der Waals surface area contributed by atoms with E-state index in [2.05, 4.69) is 10.6 Å². The van der Waals surface area contributed by atoms with Gasteiger partial charge >= 0.3 is 6.09 Å². The summed E-state index contributed by atoms with van der Waals surface area (Å²) in [7, 11) is 6.94. The molecule has 0 heterocycles. The van der Waals surface area contributed by atoms with E-state index in [1.165, 1.54) is 41.6 Å². The Morgan fingerprint density at radius 3 is 1.38 bits per heavy atom. The van der Waals surface area contributed by atoms with Crippen molar-refractivity contribution in [3.63, 3.8) is 0 Å². The minimum Gasteiger partial charge on any atom is -0.520 e. The molecule has 0 spiro atoms. The summed E-state index contributed by atoms with van der Waals surface area (Å²) in [6.45, 7) is 4.00. The van der Waals surface area contributed by atoms with Crippen molar-refractivity contribution in [2.45, 2.75) is 26.4 Å². The zero-order valence-corrected chi connectivity index (χ0v) is 26.1. The monoisotopic (exact) mass is 799 g/mol. The molecule has 0 aromatic rings. The van der Waals surface area contributed by atoms with Crippen LogP contribution in [0.25, 0.3) is 0 Å². The molecule has 39 heavy (non-hydrogen) atoms. The predicted molar refractivity (Wildman–Crippen MR) is 136 cm³/mol. The van der Waals surface area contributed by atoms with Gasteiger partial charge in [-0.25, -0.2) is 4.79 Å². The third-order valence-electron chi connectivity index (χ3n) is 4.84. The number of rotatable bonds is 14. The van der Waals surface area contributed by atoms with E-state index < -0.39 is 41.2 Å². The molecule has 0 saturated carbocycles. The van der Waals surface area contributed by atoms with E-state index in [9.17, 15) is 33.6 Å². The molecular formula is C23H40FmN7O8-. The molecule has 0 unspecified atom stereocenters. The molecule has 0 aromatic carbocycles. The third-order valence-corrected chi connectivity index (χ3v) is 4.84. The Balaban J connectivity index is 0. The molecule has 0 saturated heterocycles. The molecule has 0 rings (SSSR count). The van der Waals surface area contributed by atoms with Crippen LogP contribution in [0, 0.1) is 0 Å². The van der Waals surface area contributed by atoms with Gasteiger partial charge in [0.05, 0.1) is 32.7 Å². The summed E-state index contributed by atoms with van der Waals surface area (Å²) in [5.41, 5.74) is -0.637. The number of hydrogen-bond donors (Lipinski definition) is 2. The molecule has 0 bridgehead atoms. The zero-order chi connectivity index (χ0) is 29.6. The van der Waals surface area contributed by atoms with Crippen molar-refractivity contribution >= 4 is 42.0 Å². The third kappa shape index (κ3) is 15.7. The van der Waals surface area contributed by atoms with E-state index in [1.807, 2.05) is 0 Å². The molecule has 0 atom stereocenters. The van der Waals surface area contributed by atoms with Gasteiger partial charge in [-0.15, -0.1) is 0 Å². The molecule has 7 amide bonds. The van der Waals surface area contributed by atoms with Crippen LogP contribution in [0.2, 0.25) is 0 Å². The number of likely N-dealkylation sites (N-methyl/N-ethyl adjacent to an activating group) is 5. The first kappa shape index (κ1) is 36.2. The Morgan fingerprint density at radius 1 is 0.641 bits per heavy atom. The number of amides is 7. The summed E-state index contributed by atoms with van der Waals surface area (Å²) in [4.78, 5) is 88.9. The quantitative estimate of drug-likeness (QED) is 0.110. The molecular weight excluding hydrogens is 759 g/mol. The Bertz CT molecular complexity index is 881. The number of nitrogens with one attached hydrogen (secondary N) is 2. The fourth-order valence-corrected chi connectivity index (χ4v) is 2.63. The fourth-order valence-electron chi connectivity index (χ4n) is 2.63. The summed E-state index contributed by atoms with van der Waals surface area (Å²) in [6, 6.07) is 0. The van der Waals surface area contributed by atoms with Crippen LogP contribution in [0.5, 0.6) is 0 Å². The van der Waals surface area contributed by atoms with E-state index in [1.54, 1.807) is 20.8 Å². The molecule has 228 valence electrons. The number of ether oxygens (including phenoxy) is 1. The van der Waals surface area contributed by atoms with Gasteiger partial charge in [0.15, 0.2) is 0 Å². The van der Waals surface area contributed by atoms with E-state index in [0.717, 1.165) is 24.5 Å². The van der Waals surface area contributed by atoms with Crippen molar-refractivity contribution in [3.8, 4) is 0 Å². The number of alkyl carbamates (subject to hydrolysis) is 1. The largest absolute Gasteiger partial charge is 0.520 e. The first-order valence-electron chi connectivity index (χ1n) is 11.7. The van der Waals surface area contributed by atoms with Crippen molar-refractivity contribution < 1.29 is 38.3 Å². The van der Waals surface area contributed by atoms with Crippen molar-refractivity contribution in [1.82, 2.24) is 35.1 Å². The van der Waals surface area contributed by atoms with Gasteiger partial charge in [0.2, 0.25) is 29.5 Å². The van der Waals surface area contributed by atoms with Gasteiger partial charge in [-0.05, 0) is 27.8 Å². The van der Waals surface area contributed by atoms with Gasteiger partial charge in [-0.2, -0.15) is 6.41 Å². The van der Waals surface area contributed by atoms with Crippen LogP contribution in [0.1, 0.15) is 20.8 Å². The molecule has 0 aliphatic heterocycles. The second-order valence-electron chi connectivity index (χ2n) is 9.73. The summed E-state index contributed by atoms with van der Waals surface area (Å²) >= 11 is 0. The number of nitrogens with zero attached hydrogens (tertiary/aromatic N) is 5. The zero-order valence-electron chi connectivity index (χ0n) is 23.7. The van der Waals surface area contributed by atoms with Crippen LogP contribution < -0.4 is 10.6 Å². The fraction of sp³-hybridized carbons (Fsp3) is 0.696. The van der Waals surface area contributed by atoms with Crippen LogP contribution in [-0.4, -0.2) is 153 Å². The Kier molecular flexibility index (Phi) is 15.6. The predicted octanol–water partition coefficient (Wildman–Crippen LogP) is -2.54. The molecule has 0 aromatic heterocycles. The van der Waals surface area contributed by atoms with Gasteiger partial charge in [0.1, 0.15) is 5.60 Å².